The van der Waals surface area contributed by atoms with Gasteiger partial charge in [0.05, 0.1) is 13.7 Å². The number of anilines is 2. The Labute approximate surface area is 171 Å². The second-order valence-electron chi connectivity index (χ2n) is 6.06. The molecule has 2 aromatic heterocycles. The lowest BCUT2D eigenvalue weighted by Crippen LogP contribution is -2.19. The minimum absolute atomic E-state index is 0.376. The van der Waals surface area contributed by atoms with Gasteiger partial charge in [-0.3, -0.25) is 5.32 Å². The maximum atomic E-state index is 12.2. The molecule has 0 aliphatic carbocycles. The molecule has 2 amide bonds. The van der Waals surface area contributed by atoms with E-state index in [2.05, 4.69) is 15.6 Å². The molecule has 0 unspecified atom stereocenters. The third-order valence-corrected chi connectivity index (χ3v) is 4.89. The van der Waals surface area contributed by atoms with Crippen LogP contribution in [0.1, 0.15) is 6.92 Å². The Morgan fingerprint density at radius 1 is 1.17 bits per heavy atom. The van der Waals surface area contributed by atoms with Gasteiger partial charge in [0, 0.05) is 16.5 Å². The Balaban J connectivity index is 1.47. The fourth-order valence-electron chi connectivity index (χ4n) is 2.81. The number of benzene rings is 2. The van der Waals surface area contributed by atoms with Gasteiger partial charge in [-0.15, -0.1) is 11.3 Å². The van der Waals surface area contributed by atoms with E-state index in [0.29, 0.717) is 40.2 Å². The Hall–Kier alpha value is -3.52. The van der Waals surface area contributed by atoms with Crippen molar-refractivity contribution in [3.8, 4) is 23.0 Å². The molecule has 148 valence electrons. The molecule has 8 heteroatoms. The molecule has 0 spiro atoms. The number of methoxy groups -OCH3 is 1. The summed E-state index contributed by atoms with van der Waals surface area (Å²) in [5.74, 6) is 2.04. The molecule has 7 nitrogen and oxygen atoms in total. The van der Waals surface area contributed by atoms with Crippen LogP contribution in [-0.2, 0) is 0 Å². The minimum Gasteiger partial charge on any atom is -0.497 e. The van der Waals surface area contributed by atoms with E-state index in [9.17, 15) is 4.79 Å². The molecule has 2 N–H and O–H groups in total. The first-order valence-electron chi connectivity index (χ1n) is 8.99. The first-order chi connectivity index (χ1) is 14.2. The highest BCUT2D eigenvalue weighted by atomic mass is 32.1. The van der Waals surface area contributed by atoms with E-state index in [-0.39, 0.29) is 6.03 Å². The van der Waals surface area contributed by atoms with Crippen LogP contribution in [0.4, 0.5) is 15.6 Å². The second kappa shape index (κ2) is 8.24. The van der Waals surface area contributed by atoms with E-state index in [1.165, 1.54) is 11.3 Å². The van der Waals surface area contributed by atoms with E-state index < -0.39 is 0 Å². The lowest BCUT2D eigenvalue weighted by atomic mass is 10.2. The largest absolute Gasteiger partial charge is 0.497 e. The summed E-state index contributed by atoms with van der Waals surface area (Å²) < 4.78 is 16.7. The van der Waals surface area contributed by atoms with Crippen molar-refractivity contribution in [1.29, 1.82) is 0 Å². The number of thiazole rings is 1. The standard InChI is InChI=1S/C21H19N3O4S/c1-3-27-17-6-4-5-13-11-18(28-19(13)17)16-12-29-21(23-16)24-20(25)22-14-7-9-15(26-2)10-8-14/h4-12H,3H2,1-2H3,(H2,22,23,24,25). The third-order valence-electron chi connectivity index (χ3n) is 4.13. The summed E-state index contributed by atoms with van der Waals surface area (Å²) in [4.78, 5) is 16.7. The van der Waals surface area contributed by atoms with Crippen molar-refractivity contribution in [2.75, 3.05) is 24.4 Å². The minimum atomic E-state index is -0.376. The Morgan fingerprint density at radius 2 is 2.00 bits per heavy atom. The fraction of sp³-hybridized carbons (Fsp3) is 0.143. The molecule has 0 bridgehead atoms. The van der Waals surface area contributed by atoms with E-state index >= 15 is 0 Å². The van der Waals surface area contributed by atoms with Gasteiger partial charge in [0.25, 0.3) is 0 Å². The molecule has 0 saturated heterocycles. The predicted octanol–water partition coefficient (Wildman–Crippen LogP) is 5.61. The number of hydrogen-bond acceptors (Lipinski definition) is 6. The Kier molecular flexibility index (Phi) is 5.35. The smallest absolute Gasteiger partial charge is 0.325 e. The summed E-state index contributed by atoms with van der Waals surface area (Å²) in [7, 11) is 1.59. The van der Waals surface area contributed by atoms with Crippen LogP contribution in [0.5, 0.6) is 11.5 Å². The molecule has 0 atom stereocenters. The monoisotopic (exact) mass is 409 g/mol. The quantitative estimate of drug-likeness (QED) is 0.432. The zero-order chi connectivity index (χ0) is 20.2. The van der Waals surface area contributed by atoms with Gasteiger partial charge in [0.1, 0.15) is 11.4 Å². The van der Waals surface area contributed by atoms with E-state index in [1.54, 1.807) is 31.4 Å². The number of nitrogens with one attached hydrogen (secondary N) is 2. The number of carbonyl (C=O) groups is 1. The van der Waals surface area contributed by atoms with Crippen molar-refractivity contribution >= 4 is 39.2 Å². The zero-order valence-corrected chi connectivity index (χ0v) is 16.7. The maximum Gasteiger partial charge on any atom is 0.325 e. The number of urea groups is 1. The number of carbonyl (C=O) groups excluding carboxylic acids is 1. The van der Waals surface area contributed by atoms with Gasteiger partial charge in [0.2, 0.25) is 0 Å². The van der Waals surface area contributed by atoms with E-state index in [4.69, 9.17) is 13.9 Å². The highest BCUT2D eigenvalue weighted by Gasteiger charge is 2.14. The maximum absolute atomic E-state index is 12.2. The number of para-hydroxylation sites is 1. The summed E-state index contributed by atoms with van der Waals surface area (Å²) >= 11 is 1.32. The van der Waals surface area contributed by atoms with Crippen LogP contribution in [-0.4, -0.2) is 24.7 Å². The van der Waals surface area contributed by atoms with Crippen molar-refractivity contribution in [2.45, 2.75) is 6.92 Å². The second-order valence-corrected chi connectivity index (χ2v) is 6.92. The van der Waals surface area contributed by atoms with Crippen LogP contribution in [0.2, 0.25) is 0 Å². The molecule has 2 heterocycles. The van der Waals surface area contributed by atoms with Crippen LogP contribution >= 0.6 is 11.3 Å². The summed E-state index contributed by atoms with van der Waals surface area (Å²) in [5, 5.41) is 8.73. The number of aromatic nitrogens is 1. The van der Waals surface area contributed by atoms with Gasteiger partial charge in [-0.1, -0.05) is 12.1 Å². The van der Waals surface area contributed by atoms with Gasteiger partial charge < -0.3 is 19.2 Å². The summed E-state index contributed by atoms with van der Waals surface area (Å²) in [6, 6.07) is 14.4. The van der Waals surface area contributed by atoms with Crippen molar-refractivity contribution < 1.29 is 18.7 Å². The van der Waals surface area contributed by atoms with Gasteiger partial charge in [-0.05, 0) is 43.3 Å². The molecule has 4 aromatic rings. The van der Waals surface area contributed by atoms with E-state index in [0.717, 1.165) is 11.1 Å². The van der Waals surface area contributed by atoms with Crippen molar-refractivity contribution in [2.24, 2.45) is 0 Å². The number of nitrogens with zero attached hydrogens (tertiary/aromatic N) is 1. The number of rotatable bonds is 6. The van der Waals surface area contributed by atoms with Crippen LogP contribution in [0.3, 0.4) is 0 Å². The SMILES string of the molecule is CCOc1cccc2cc(-c3csc(NC(=O)Nc4ccc(OC)cc4)n3)oc12. The Morgan fingerprint density at radius 3 is 2.76 bits per heavy atom. The number of ether oxygens (including phenoxy) is 2. The van der Waals surface area contributed by atoms with Crippen molar-refractivity contribution in [3.05, 3.63) is 53.9 Å². The molecule has 4 rings (SSSR count). The summed E-state index contributed by atoms with van der Waals surface area (Å²) in [5.41, 5.74) is 1.98. The van der Waals surface area contributed by atoms with Gasteiger partial charge in [-0.2, -0.15) is 0 Å². The molecule has 0 aliphatic heterocycles. The topological polar surface area (TPSA) is 85.6 Å². The average molecular weight is 409 g/mol. The molecule has 0 fully saturated rings. The average Bonchev–Trinajstić information content (AvgIpc) is 3.36. The van der Waals surface area contributed by atoms with Crippen molar-refractivity contribution in [3.63, 3.8) is 0 Å². The third kappa shape index (κ3) is 4.17. The number of hydrogen-bond donors (Lipinski definition) is 2. The summed E-state index contributed by atoms with van der Waals surface area (Å²) in [6.45, 7) is 2.49. The van der Waals surface area contributed by atoms with Gasteiger partial charge in [-0.25, -0.2) is 9.78 Å². The Bertz CT molecular complexity index is 1130. The normalized spacial score (nSPS) is 10.7. The summed E-state index contributed by atoms with van der Waals surface area (Å²) in [6.07, 6.45) is 0. The molecule has 0 aliphatic rings. The fourth-order valence-corrected chi connectivity index (χ4v) is 3.50. The zero-order valence-electron chi connectivity index (χ0n) is 15.9. The first kappa shape index (κ1) is 18.8. The van der Waals surface area contributed by atoms with Crippen LogP contribution in [0.15, 0.2) is 58.3 Å². The van der Waals surface area contributed by atoms with Crippen LogP contribution in [0.25, 0.3) is 22.4 Å². The number of furan rings is 1. The molecule has 0 saturated carbocycles. The van der Waals surface area contributed by atoms with Crippen LogP contribution < -0.4 is 20.1 Å². The van der Waals surface area contributed by atoms with Crippen LogP contribution in [0, 0.1) is 0 Å². The highest BCUT2D eigenvalue weighted by molar-refractivity contribution is 7.14. The van der Waals surface area contributed by atoms with Crippen molar-refractivity contribution in [1.82, 2.24) is 4.98 Å². The van der Waals surface area contributed by atoms with Gasteiger partial charge in [0.15, 0.2) is 22.2 Å². The highest BCUT2D eigenvalue weighted by Crippen LogP contribution is 2.34. The molecular formula is C21H19N3O4S. The predicted molar refractivity (Wildman–Crippen MR) is 114 cm³/mol. The van der Waals surface area contributed by atoms with Gasteiger partial charge >= 0.3 is 6.03 Å². The molecular weight excluding hydrogens is 390 g/mol. The lowest BCUT2D eigenvalue weighted by molar-refractivity contribution is 0.262. The van der Waals surface area contributed by atoms with E-state index in [1.807, 2.05) is 36.6 Å². The number of fused-ring (bicyclic) bond motifs is 1. The lowest BCUT2D eigenvalue weighted by Gasteiger charge is -2.06. The molecule has 2 aromatic carbocycles. The molecule has 29 heavy (non-hydrogen) atoms. The molecule has 0 radical (unpaired) electrons. The number of amides is 2. The first-order valence-corrected chi connectivity index (χ1v) is 9.87.